The van der Waals surface area contributed by atoms with Crippen molar-refractivity contribution in [2.24, 2.45) is 10.9 Å². The minimum Gasteiger partial charge on any atom is -0.488 e. The maximum absolute atomic E-state index is 5.96. The summed E-state index contributed by atoms with van der Waals surface area (Å²) in [5, 5.41) is 4.54. The molecular formula is C33H28BrClN2O. The maximum Gasteiger partial charge on any atom is 0.134 e. The van der Waals surface area contributed by atoms with E-state index in [2.05, 4.69) is 82.8 Å². The molecule has 6 rings (SSSR count). The van der Waals surface area contributed by atoms with Crippen molar-refractivity contribution < 1.29 is 4.74 Å². The number of hydrogen-bond donors (Lipinski definition) is 1. The Morgan fingerprint density at radius 2 is 1.82 bits per heavy atom. The molecule has 3 atom stereocenters. The van der Waals surface area contributed by atoms with Crippen LogP contribution in [-0.2, 0) is 6.61 Å². The van der Waals surface area contributed by atoms with Gasteiger partial charge in [-0.05, 0) is 106 Å². The van der Waals surface area contributed by atoms with Gasteiger partial charge in [0.05, 0.1) is 16.2 Å². The highest BCUT2D eigenvalue weighted by molar-refractivity contribution is 9.10. The fraction of sp³-hybridized carbons (Fsp3) is 0.182. The second kappa shape index (κ2) is 10.8. The summed E-state index contributed by atoms with van der Waals surface area (Å²) in [6.07, 6.45) is 7.72. The highest BCUT2D eigenvalue weighted by Crippen LogP contribution is 2.50. The van der Waals surface area contributed by atoms with E-state index in [9.17, 15) is 0 Å². The largest absolute Gasteiger partial charge is 0.488 e. The third kappa shape index (κ3) is 5.29. The van der Waals surface area contributed by atoms with Crippen molar-refractivity contribution in [2.45, 2.75) is 31.9 Å². The zero-order chi connectivity index (χ0) is 26.1. The molecule has 3 nitrogen and oxygen atoms in total. The number of halogens is 2. The summed E-state index contributed by atoms with van der Waals surface area (Å²) in [6.45, 7) is 2.65. The number of hydrogen-bond acceptors (Lipinski definition) is 3. The van der Waals surface area contributed by atoms with Crippen LogP contribution in [0.4, 0.5) is 11.4 Å². The molecule has 1 heterocycles. The summed E-state index contributed by atoms with van der Waals surface area (Å²) in [5.74, 6) is 1.81. The number of aliphatic imine (C=N–C) groups is 1. The fourth-order valence-corrected chi connectivity index (χ4v) is 6.05. The number of aryl methyl sites for hydroxylation is 1. The van der Waals surface area contributed by atoms with Gasteiger partial charge in [0.25, 0.3) is 0 Å². The van der Waals surface area contributed by atoms with Gasteiger partial charge in [0.15, 0.2) is 0 Å². The van der Waals surface area contributed by atoms with Crippen molar-refractivity contribution in [3.63, 3.8) is 0 Å². The van der Waals surface area contributed by atoms with E-state index in [4.69, 9.17) is 21.3 Å². The van der Waals surface area contributed by atoms with Crippen molar-refractivity contribution >= 4 is 45.1 Å². The van der Waals surface area contributed by atoms with Crippen LogP contribution in [0, 0.1) is 12.8 Å². The van der Waals surface area contributed by atoms with E-state index in [1.165, 1.54) is 22.4 Å². The average Bonchev–Trinajstić information content (AvgIpc) is 3.43. The van der Waals surface area contributed by atoms with Gasteiger partial charge in [-0.3, -0.25) is 4.99 Å². The molecule has 0 unspecified atom stereocenters. The molecular weight excluding hydrogens is 556 g/mol. The molecule has 0 bridgehead atoms. The number of nitrogens with one attached hydrogen (secondary N) is 1. The summed E-state index contributed by atoms with van der Waals surface area (Å²) in [7, 11) is 0. The van der Waals surface area contributed by atoms with E-state index >= 15 is 0 Å². The number of anilines is 1. The van der Waals surface area contributed by atoms with Gasteiger partial charge in [0.1, 0.15) is 12.4 Å². The molecule has 190 valence electrons. The number of nitrogens with zero attached hydrogens (tertiary/aromatic N) is 1. The number of benzene rings is 4. The smallest absolute Gasteiger partial charge is 0.134 e. The minimum atomic E-state index is 0.291. The molecule has 38 heavy (non-hydrogen) atoms. The van der Waals surface area contributed by atoms with Crippen molar-refractivity contribution in [3.05, 3.63) is 134 Å². The van der Waals surface area contributed by atoms with E-state index in [0.717, 1.165) is 38.5 Å². The van der Waals surface area contributed by atoms with E-state index in [1.54, 1.807) is 0 Å². The van der Waals surface area contributed by atoms with Gasteiger partial charge in [-0.15, -0.1) is 0 Å². The SMILES string of the molecule is Cc1ccc2c(c1)[C@@H]1C=CC[C@H]1[C@@H](c1ccc(N=Cc3ccc(OCc4ccc(Cl)cc4)c(Br)c3)cc1)N2. The maximum atomic E-state index is 5.96. The molecule has 0 amide bonds. The van der Waals surface area contributed by atoms with Crippen LogP contribution in [0.25, 0.3) is 0 Å². The molecule has 0 spiro atoms. The normalized spacial score (nSPS) is 19.7. The molecule has 1 aliphatic carbocycles. The highest BCUT2D eigenvalue weighted by Gasteiger charge is 2.37. The van der Waals surface area contributed by atoms with Gasteiger partial charge >= 0.3 is 0 Å². The van der Waals surface area contributed by atoms with E-state index in [-0.39, 0.29) is 0 Å². The van der Waals surface area contributed by atoms with Crippen LogP contribution in [0.2, 0.25) is 5.02 Å². The number of rotatable bonds is 6. The van der Waals surface area contributed by atoms with Crippen LogP contribution in [0.15, 0.2) is 107 Å². The van der Waals surface area contributed by atoms with Crippen LogP contribution < -0.4 is 10.1 Å². The quantitative estimate of drug-likeness (QED) is 0.181. The molecule has 2 aliphatic rings. The number of fused-ring (bicyclic) bond motifs is 3. The Kier molecular flexibility index (Phi) is 7.10. The molecule has 0 fully saturated rings. The first-order valence-corrected chi connectivity index (χ1v) is 14.1. The van der Waals surface area contributed by atoms with Gasteiger partial charge in [-0.1, -0.05) is 65.7 Å². The lowest BCUT2D eigenvalue weighted by Gasteiger charge is -2.37. The van der Waals surface area contributed by atoms with Crippen LogP contribution in [0.5, 0.6) is 5.75 Å². The Bertz CT molecular complexity index is 1510. The summed E-state index contributed by atoms with van der Waals surface area (Å²) < 4.78 is 6.86. The standard InChI is InChI=1S/C33H28BrClN2O/c1-21-5-15-31-29(17-21)27-3-2-4-28(27)33(37-31)24-9-13-26(14-10-24)36-19-23-8-16-32(30(34)18-23)38-20-22-6-11-25(35)12-7-22/h2-3,5-19,27-28,33,37H,4,20H2,1H3/t27-,28-,33-/m1/s1. The lowest BCUT2D eigenvalue weighted by Crippen LogP contribution is -2.29. The number of allylic oxidation sites excluding steroid dienone is 2. The van der Waals surface area contributed by atoms with Gasteiger partial charge in [-0.25, -0.2) is 0 Å². The topological polar surface area (TPSA) is 33.6 Å². The molecule has 4 aromatic carbocycles. The summed E-state index contributed by atoms with van der Waals surface area (Å²) in [4.78, 5) is 4.72. The van der Waals surface area contributed by atoms with Gasteiger partial charge in [-0.2, -0.15) is 0 Å². The molecule has 0 saturated carbocycles. The summed E-state index contributed by atoms with van der Waals surface area (Å²) in [6, 6.07) is 29.3. The van der Waals surface area contributed by atoms with E-state index < -0.39 is 0 Å². The van der Waals surface area contributed by atoms with Crippen molar-refractivity contribution in [2.75, 3.05) is 5.32 Å². The Morgan fingerprint density at radius 1 is 1.00 bits per heavy atom. The summed E-state index contributed by atoms with van der Waals surface area (Å²) in [5.41, 5.74) is 8.30. The molecule has 0 radical (unpaired) electrons. The summed E-state index contributed by atoms with van der Waals surface area (Å²) >= 11 is 9.59. The van der Waals surface area contributed by atoms with Crippen LogP contribution >= 0.6 is 27.5 Å². The predicted molar refractivity (Wildman–Crippen MR) is 161 cm³/mol. The van der Waals surface area contributed by atoms with Crippen molar-refractivity contribution in [1.82, 2.24) is 0 Å². The highest BCUT2D eigenvalue weighted by atomic mass is 79.9. The first-order valence-electron chi connectivity index (χ1n) is 12.9. The third-order valence-electron chi connectivity index (χ3n) is 7.40. The van der Waals surface area contributed by atoms with Crippen LogP contribution in [0.3, 0.4) is 0 Å². The predicted octanol–water partition coefficient (Wildman–Crippen LogP) is 9.57. The molecule has 0 aromatic heterocycles. The van der Waals surface area contributed by atoms with Crippen molar-refractivity contribution in [1.29, 1.82) is 0 Å². The Morgan fingerprint density at radius 3 is 2.61 bits per heavy atom. The van der Waals surface area contributed by atoms with Gasteiger partial charge < -0.3 is 10.1 Å². The van der Waals surface area contributed by atoms with Crippen molar-refractivity contribution in [3.8, 4) is 5.75 Å². The van der Waals surface area contributed by atoms with Gasteiger partial charge in [0, 0.05) is 22.8 Å². The Hall–Kier alpha value is -3.34. The van der Waals surface area contributed by atoms with E-state index in [1.807, 2.05) is 48.7 Å². The zero-order valence-electron chi connectivity index (χ0n) is 21.1. The van der Waals surface area contributed by atoms with Crippen LogP contribution in [0.1, 0.15) is 46.2 Å². The molecule has 1 N–H and O–H groups in total. The Balaban J connectivity index is 1.12. The zero-order valence-corrected chi connectivity index (χ0v) is 23.4. The molecule has 4 aromatic rings. The Labute approximate surface area is 237 Å². The molecule has 5 heteroatoms. The van der Waals surface area contributed by atoms with Gasteiger partial charge in [0.2, 0.25) is 0 Å². The molecule has 0 saturated heterocycles. The second-order valence-corrected chi connectivity index (χ2v) is 11.3. The average molecular weight is 584 g/mol. The third-order valence-corrected chi connectivity index (χ3v) is 8.27. The van der Waals surface area contributed by atoms with E-state index in [0.29, 0.717) is 24.5 Å². The minimum absolute atomic E-state index is 0.291. The lowest BCUT2D eigenvalue weighted by atomic mass is 9.76. The first-order chi connectivity index (χ1) is 18.5. The fourth-order valence-electron chi connectivity index (χ4n) is 5.42. The lowest BCUT2D eigenvalue weighted by molar-refractivity contribution is 0.304. The van der Waals surface area contributed by atoms with Crippen LogP contribution in [-0.4, -0.2) is 6.21 Å². The molecule has 1 aliphatic heterocycles. The second-order valence-electron chi connectivity index (χ2n) is 10.0. The monoisotopic (exact) mass is 582 g/mol. The first kappa shape index (κ1) is 25.0. The number of ether oxygens (including phenoxy) is 1.